The average Bonchev–Trinajstić information content (AvgIpc) is 2.54. The molecule has 0 aliphatic heterocycles. The first-order valence-electron chi connectivity index (χ1n) is 7.40. The molecule has 0 spiro atoms. The van der Waals surface area contributed by atoms with Crippen molar-refractivity contribution in [2.45, 2.75) is 6.54 Å². The van der Waals surface area contributed by atoms with Crippen LogP contribution >= 0.6 is 0 Å². The minimum Gasteiger partial charge on any atom is -0.508 e. The number of nitrogens with zero attached hydrogens (tertiary/aromatic N) is 1. The summed E-state index contributed by atoms with van der Waals surface area (Å²) in [6.07, 6.45) is 4.02. The molecule has 0 saturated heterocycles. The summed E-state index contributed by atoms with van der Waals surface area (Å²) in [7, 11) is 7.20. The first-order chi connectivity index (χ1) is 11.0. The third-order valence-corrected chi connectivity index (χ3v) is 3.47. The Morgan fingerprint density at radius 2 is 1.52 bits per heavy atom. The van der Waals surface area contributed by atoms with Crippen molar-refractivity contribution in [3.8, 4) is 17.2 Å². The molecule has 122 valence electrons. The van der Waals surface area contributed by atoms with E-state index in [1.165, 1.54) is 0 Å². The zero-order valence-corrected chi connectivity index (χ0v) is 14.0. The fraction of sp³-hybridized carbons (Fsp3) is 0.263. The minimum atomic E-state index is 0.321. The van der Waals surface area contributed by atoms with E-state index in [0.717, 1.165) is 16.7 Å². The van der Waals surface area contributed by atoms with E-state index < -0.39 is 0 Å². The Kier molecular flexibility index (Phi) is 5.66. The molecule has 0 unspecified atom stereocenters. The largest absolute Gasteiger partial charge is 0.508 e. The maximum atomic E-state index is 9.91. The number of methoxy groups -OCH3 is 2. The number of benzene rings is 2. The SMILES string of the molecule is COc1ccc(/C=C/c2ccc(O)c(CN(C)C)c2)cc1OC. The Hall–Kier alpha value is -2.46. The zero-order chi connectivity index (χ0) is 16.8. The molecule has 0 radical (unpaired) electrons. The Balaban J connectivity index is 2.23. The molecule has 0 fully saturated rings. The molecule has 2 rings (SSSR count). The van der Waals surface area contributed by atoms with E-state index in [1.54, 1.807) is 20.3 Å². The van der Waals surface area contributed by atoms with Gasteiger partial charge in [0, 0.05) is 12.1 Å². The highest BCUT2D eigenvalue weighted by atomic mass is 16.5. The van der Waals surface area contributed by atoms with E-state index in [-0.39, 0.29) is 0 Å². The number of ether oxygens (including phenoxy) is 2. The van der Waals surface area contributed by atoms with Crippen molar-refractivity contribution in [1.82, 2.24) is 4.90 Å². The lowest BCUT2D eigenvalue weighted by molar-refractivity contribution is 0.355. The van der Waals surface area contributed by atoms with Crippen molar-refractivity contribution in [2.24, 2.45) is 0 Å². The topological polar surface area (TPSA) is 41.9 Å². The van der Waals surface area contributed by atoms with Gasteiger partial charge in [0.2, 0.25) is 0 Å². The zero-order valence-electron chi connectivity index (χ0n) is 14.0. The monoisotopic (exact) mass is 313 g/mol. The standard InChI is InChI=1S/C19H23NO3/c1-20(2)13-16-11-14(7-9-17(16)21)5-6-15-8-10-18(22-3)19(12-15)23-4/h5-12,21H,13H2,1-4H3/b6-5+. The molecule has 0 aliphatic rings. The molecule has 23 heavy (non-hydrogen) atoms. The fourth-order valence-electron chi connectivity index (χ4n) is 2.33. The van der Waals surface area contributed by atoms with Gasteiger partial charge in [0.05, 0.1) is 14.2 Å². The molecule has 0 amide bonds. The second-order valence-electron chi connectivity index (χ2n) is 5.57. The summed E-state index contributed by atoms with van der Waals surface area (Å²) in [6.45, 7) is 0.698. The van der Waals surface area contributed by atoms with Crippen LogP contribution in [-0.2, 0) is 6.54 Å². The number of aromatic hydroxyl groups is 1. The molecule has 4 nitrogen and oxygen atoms in total. The smallest absolute Gasteiger partial charge is 0.161 e. The fourth-order valence-corrected chi connectivity index (χ4v) is 2.33. The molecular weight excluding hydrogens is 290 g/mol. The maximum Gasteiger partial charge on any atom is 0.161 e. The Morgan fingerprint density at radius 3 is 2.13 bits per heavy atom. The lowest BCUT2D eigenvalue weighted by atomic mass is 10.1. The van der Waals surface area contributed by atoms with E-state index in [0.29, 0.717) is 23.8 Å². The van der Waals surface area contributed by atoms with Gasteiger partial charge >= 0.3 is 0 Å². The number of hydrogen-bond acceptors (Lipinski definition) is 4. The Bertz CT molecular complexity index is 693. The molecule has 0 saturated carbocycles. The predicted molar refractivity (Wildman–Crippen MR) is 94.0 cm³/mol. The summed E-state index contributed by atoms with van der Waals surface area (Å²) >= 11 is 0. The van der Waals surface area contributed by atoms with Crippen LogP contribution in [0.3, 0.4) is 0 Å². The van der Waals surface area contributed by atoms with Gasteiger partial charge in [-0.15, -0.1) is 0 Å². The van der Waals surface area contributed by atoms with Crippen LogP contribution in [-0.4, -0.2) is 38.3 Å². The molecule has 0 aromatic heterocycles. The summed E-state index contributed by atoms with van der Waals surface area (Å²) < 4.78 is 10.5. The van der Waals surface area contributed by atoms with Crippen LogP contribution in [0.25, 0.3) is 12.2 Å². The summed E-state index contributed by atoms with van der Waals surface area (Å²) in [5.74, 6) is 1.73. The van der Waals surface area contributed by atoms with Crippen LogP contribution in [0, 0.1) is 0 Å². The van der Waals surface area contributed by atoms with Crippen molar-refractivity contribution < 1.29 is 14.6 Å². The number of hydrogen-bond donors (Lipinski definition) is 1. The van der Waals surface area contributed by atoms with Crippen molar-refractivity contribution in [2.75, 3.05) is 28.3 Å². The van der Waals surface area contributed by atoms with Gasteiger partial charge in [-0.1, -0.05) is 24.3 Å². The lowest BCUT2D eigenvalue weighted by Crippen LogP contribution is -2.10. The highest BCUT2D eigenvalue weighted by Crippen LogP contribution is 2.28. The van der Waals surface area contributed by atoms with Gasteiger partial charge in [-0.25, -0.2) is 0 Å². The molecule has 2 aromatic rings. The molecule has 0 heterocycles. The molecule has 0 aliphatic carbocycles. The second-order valence-corrected chi connectivity index (χ2v) is 5.57. The highest BCUT2D eigenvalue weighted by molar-refractivity contribution is 5.71. The van der Waals surface area contributed by atoms with Crippen molar-refractivity contribution >= 4 is 12.2 Å². The highest BCUT2D eigenvalue weighted by Gasteiger charge is 2.04. The van der Waals surface area contributed by atoms with Crippen LogP contribution in [0.5, 0.6) is 17.2 Å². The summed E-state index contributed by atoms with van der Waals surface area (Å²) in [4.78, 5) is 2.02. The first kappa shape index (κ1) is 16.9. The van der Waals surface area contributed by atoms with Crippen LogP contribution in [0.4, 0.5) is 0 Å². The number of phenols is 1. The van der Waals surface area contributed by atoms with E-state index in [2.05, 4.69) is 0 Å². The average molecular weight is 313 g/mol. The molecule has 2 aromatic carbocycles. The van der Waals surface area contributed by atoms with Gasteiger partial charge in [0.25, 0.3) is 0 Å². The van der Waals surface area contributed by atoms with Crippen molar-refractivity contribution in [3.05, 3.63) is 53.1 Å². The maximum absolute atomic E-state index is 9.91. The van der Waals surface area contributed by atoms with Gasteiger partial charge in [-0.3, -0.25) is 0 Å². The van der Waals surface area contributed by atoms with E-state index in [1.807, 2.05) is 61.5 Å². The lowest BCUT2D eigenvalue weighted by Gasteiger charge is -2.11. The van der Waals surface area contributed by atoms with Gasteiger partial charge in [-0.05, 0) is 49.5 Å². The number of rotatable bonds is 6. The van der Waals surface area contributed by atoms with Crippen molar-refractivity contribution in [1.29, 1.82) is 0 Å². The van der Waals surface area contributed by atoms with E-state index in [4.69, 9.17) is 9.47 Å². The third kappa shape index (κ3) is 4.50. The summed E-state index contributed by atoms with van der Waals surface area (Å²) in [5.41, 5.74) is 2.96. The summed E-state index contributed by atoms with van der Waals surface area (Å²) in [6, 6.07) is 11.4. The molecule has 1 N–H and O–H groups in total. The van der Waals surface area contributed by atoms with E-state index in [9.17, 15) is 5.11 Å². The molecular formula is C19H23NO3. The summed E-state index contributed by atoms with van der Waals surface area (Å²) in [5, 5.41) is 9.91. The molecule has 4 heteroatoms. The third-order valence-electron chi connectivity index (χ3n) is 3.47. The van der Waals surface area contributed by atoms with E-state index >= 15 is 0 Å². The van der Waals surface area contributed by atoms with Crippen molar-refractivity contribution in [3.63, 3.8) is 0 Å². The normalized spacial score (nSPS) is 11.2. The quantitative estimate of drug-likeness (QED) is 0.827. The minimum absolute atomic E-state index is 0.321. The van der Waals surface area contributed by atoms with Crippen LogP contribution in [0.15, 0.2) is 36.4 Å². The van der Waals surface area contributed by atoms with Gasteiger partial charge in [0.15, 0.2) is 11.5 Å². The Morgan fingerprint density at radius 1 is 0.913 bits per heavy atom. The van der Waals surface area contributed by atoms with Gasteiger partial charge in [0.1, 0.15) is 5.75 Å². The van der Waals surface area contributed by atoms with Crippen LogP contribution in [0.2, 0.25) is 0 Å². The Labute approximate surface area is 137 Å². The molecule has 0 bridgehead atoms. The van der Waals surface area contributed by atoms with Gasteiger partial charge < -0.3 is 19.5 Å². The predicted octanol–water partition coefficient (Wildman–Crippen LogP) is 3.64. The van der Waals surface area contributed by atoms with Crippen LogP contribution in [0.1, 0.15) is 16.7 Å². The first-order valence-corrected chi connectivity index (χ1v) is 7.40. The second kappa shape index (κ2) is 7.70. The van der Waals surface area contributed by atoms with Gasteiger partial charge in [-0.2, -0.15) is 0 Å². The van der Waals surface area contributed by atoms with Crippen LogP contribution < -0.4 is 9.47 Å². The number of phenolic OH excluding ortho intramolecular Hbond substituents is 1. The molecule has 0 atom stereocenters.